The van der Waals surface area contributed by atoms with Crippen molar-refractivity contribution < 1.29 is 28.2 Å². The number of carbonyl (C=O) groups excluding carboxylic acids is 1. The standard InChI is InChI=1S/C24H28F2N6O4/c1-14(33)22(34)32-10-8-21(24(25,26)13-32)36-20-6-5-17(11-18(20)12-27)19-7-9-28-23(31-19)30-15(2)29-16(3)35-4/h5-7,9,11,14-15,21,29,33H,3,8,10,13H2,1-2,4H3,(H,28,30,31)/t14-,15?,21?/m1/s1. The minimum absolute atomic E-state index is 0.00420. The largest absolute Gasteiger partial charge is 0.483 e. The quantitative estimate of drug-likeness (QED) is 0.349. The van der Waals surface area contributed by atoms with E-state index >= 15 is 0 Å². The first-order valence-electron chi connectivity index (χ1n) is 11.2. The number of ether oxygens (including phenoxy) is 2. The van der Waals surface area contributed by atoms with E-state index in [2.05, 4.69) is 27.2 Å². The smallest absolute Gasteiger partial charge is 0.301 e. The van der Waals surface area contributed by atoms with Crippen LogP contribution in [0.25, 0.3) is 11.3 Å². The Morgan fingerprint density at radius 3 is 2.78 bits per heavy atom. The van der Waals surface area contributed by atoms with E-state index in [-0.39, 0.29) is 30.4 Å². The molecule has 0 spiro atoms. The number of alkyl halides is 2. The van der Waals surface area contributed by atoms with Gasteiger partial charge in [0.1, 0.15) is 17.9 Å². The molecule has 3 N–H and O–H groups in total. The molecule has 12 heteroatoms. The van der Waals surface area contributed by atoms with Crippen LogP contribution in [0.2, 0.25) is 0 Å². The minimum atomic E-state index is -3.36. The summed E-state index contributed by atoms with van der Waals surface area (Å²) in [6.07, 6.45) is -1.79. The van der Waals surface area contributed by atoms with Gasteiger partial charge in [-0.25, -0.2) is 18.7 Å². The summed E-state index contributed by atoms with van der Waals surface area (Å²) in [5, 5.41) is 25.1. The number of benzene rings is 1. The molecule has 0 radical (unpaired) electrons. The lowest BCUT2D eigenvalue weighted by Crippen LogP contribution is -2.56. The molecule has 2 heterocycles. The van der Waals surface area contributed by atoms with Crippen molar-refractivity contribution in [1.82, 2.24) is 20.2 Å². The molecule has 1 aliphatic heterocycles. The number of aliphatic hydroxyl groups is 1. The SMILES string of the molecule is C=C(NC(C)Nc1nccc(-c2ccc(OC3CCN(C(=O)[C@@H](C)O)CC3(F)F)c(C#N)c2)n1)OC. The summed E-state index contributed by atoms with van der Waals surface area (Å²) < 4.78 is 40.0. The molecule has 1 aromatic carbocycles. The number of hydrogen-bond donors (Lipinski definition) is 3. The lowest BCUT2D eigenvalue weighted by Gasteiger charge is -2.38. The maximum absolute atomic E-state index is 14.7. The van der Waals surface area contributed by atoms with Gasteiger partial charge in [-0.05, 0) is 44.7 Å². The summed E-state index contributed by atoms with van der Waals surface area (Å²) in [5.74, 6) is -3.44. The van der Waals surface area contributed by atoms with Crippen LogP contribution in [-0.4, -0.2) is 70.4 Å². The number of nitriles is 1. The predicted octanol–water partition coefficient (Wildman–Crippen LogP) is 2.48. The van der Waals surface area contributed by atoms with Crippen LogP contribution in [0.15, 0.2) is 42.9 Å². The zero-order valence-electron chi connectivity index (χ0n) is 20.2. The summed E-state index contributed by atoms with van der Waals surface area (Å²) in [7, 11) is 1.49. The molecule has 2 aromatic rings. The topological polar surface area (TPSA) is 133 Å². The Labute approximate surface area is 207 Å². The van der Waals surface area contributed by atoms with Gasteiger partial charge in [0, 0.05) is 24.7 Å². The third-order valence-corrected chi connectivity index (χ3v) is 5.49. The summed E-state index contributed by atoms with van der Waals surface area (Å²) in [6, 6.07) is 8.19. The molecule has 0 aliphatic carbocycles. The van der Waals surface area contributed by atoms with Crippen molar-refractivity contribution in [2.45, 2.75) is 44.6 Å². The number of aliphatic hydroxyl groups excluding tert-OH is 1. The van der Waals surface area contributed by atoms with Gasteiger partial charge in [-0.15, -0.1) is 0 Å². The lowest BCUT2D eigenvalue weighted by molar-refractivity contribution is -0.165. The number of halogens is 2. The minimum Gasteiger partial charge on any atom is -0.483 e. The van der Waals surface area contributed by atoms with Gasteiger partial charge in [0.05, 0.1) is 31.1 Å². The predicted molar refractivity (Wildman–Crippen MR) is 127 cm³/mol. The highest BCUT2D eigenvalue weighted by molar-refractivity contribution is 5.80. The number of nitrogens with one attached hydrogen (secondary N) is 2. The van der Waals surface area contributed by atoms with Crippen LogP contribution in [0, 0.1) is 11.3 Å². The molecule has 1 saturated heterocycles. The second kappa shape index (κ2) is 11.2. The normalized spacial score (nSPS) is 18.4. The van der Waals surface area contributed by atoms with Crippen LogP contribution in [-0.2, 0) is 9.53 Å². The van der Waals surface area contributed by atoms with Crippen molar-refractivity contribution >= 4 is 11.9 Å². The third-order valence-electron chi connectivity index (χ3n) is 5.49. The molecule has 192 valence electrons. The Kier molecular flexibility index (Phi) is 8.26. The Bertz CT molecular complexity index is 1150. The summed E-state index contributed by atoms with van der Waals surface area (Å²) in [4.78, 5) is 21.4. The molecule has 0 saturated carbocycles. The Morgan fingerprint density at radius 1 is 1.39 bits per heavy atom. The fourth-order valence-electron chi connectivity index (χ4n) is 3.67. The highest BCUT2D eigenvalue weighted by Crippen LogP contribution is 2.34. The molecule has 10 nitrogen and oxygen atoms in total. The van der Waals surface area contributed by atoms with Gasteiger partial charge in [0.2, 0.25) is 5.95 Å². The number of hydrogen-bond acceptors (Lipinski definition) is 9. The number of nitrogens with zero attached hydrogens (tertiary/aromatic N) is 4. The second-order valence-corrected chi connectivity index (χ2v) is 8.32. The molecule has 1 fully saturated rings. The molecule has 36 heavy (non-hydrogen) atoms. The van der Waals surface area contributed by atoms with E-state index in [0.29, 0.717) is 23.1 Å². The van der Waals surface area contributed by atoms with E-state index in [1.165, 1.54) is 26.2 Å². The van der Waals surface area contributed by atoms with Crippen molar-refractivity contribution in [2.75, 3.05) is 25.5 Å². The van der Waals surface area contributed by atoms with E-state index in [9.17, 15) is 23.9 Å². The number of aromatic nitrogens is 2. The number of methoxy groups -OCH3 is 1. The molecule has 0 bridgehead atoms. The van der Waals surface area contributed by atoms with Gasteiger partial charge in [-0.3, -0.25) is 4.79 Å². The maximum Gasteiger partial charge on any atom is 0.301 e. The lowest BCUT2D eigenvalue weighted by atomic mass is 10.0. The number of rotatable bonds is 9. The average Bonchev–Trinajstić information content (AvgIpc) is 2.84. The Hall–Kier alpha value is -3.98. The van der Waals surface area contributed by atoms with Crippen molar-refractivity contribution in [3.8, 4) is 23.1 Å². The maximum atomic E-state index is 14.7. The first-order valence-corrected chi connectivity index (χ1v) is 11.2. The molecule has 2 unspecified atom stereocenters. The van der Waals surface area contributed by atoms with Gasteiger partial charge in [0.25, 0.3) is 5.91 Å². The fraction of sp³-hybridized carbons (Fsp3) is 0.417. The van der Waals surface area contributed by atoms with E-state index in [1.54, 1.807) is 18.3 Å². The molecule has 3 rings (SSSR count). The van der Waals surface area contributed by atoms with Crippen LogP contribution in [0.4, 0.5) is 14.7 Å². The molecule has 1 amide bonds. The highest BCUT2D eigenvalue weighted by Gasteiger charge is 2.48. The molecule has 3 atom stereocenters. The zero-order valence-corrected chi connectivity index (χ0v) is 20.2. The Morgan fingerprint density at radius 2 is 2.14 bits per heavy atom. The van der Waals surface area contributed by atoms with Gasteiger partial charge in [-0.1, -0.05) is 0 Å². The van der Waals surface area contributed by atoms with Gasteiger partial charge in [-0.2, -0.15) is 5.26 Å². The van der Waals surface area contributed by atoms with Gasteiger partial charge in [0.15, 0.2) is 12.0 Å². The molecule has 1 aliphatic rings. The van der Waals surface area contributed by atoms with Crippen LogP contribution in [0.5, 0.6) is 5.75 Å². The van der Waals surface area contributed by atoms with Gasteiger partial charge >= 0.3 is 5.92 Å². The molecular formula is C24H28F2N6O4. The van der Waals surface area contributed by atoms with Crippen LogP contribution >= 0.6 is 0 Å². The number of anilines is 1. The summed E-state index contributed by atoms with van der Waals surface area (Å²) in [6.45, 7) is 5.87. The highest BCUT2D eigenvalue weighted by atomic mass is 19.3. The van der Waals surface area contributed by atoms with Crippen molar-refractivity contribution in [3.05, 3.63) is 48.5 Å². The van der Waals surface area contributed by atoms with Crippen molar-refractivity contribution in [3.63, 3.8) is 0 Å². The number of amides is 1. The molecular weight excluding hydrogens is 474 g/mol. The first-order chi connectivity index (χ1) is 17.0. The first kappa shape index (κ1) is 26.6. The Balaban J connectivity index is 1.75. The average molecular weight is 503 g/mol. The third kappa shape index (κ3) is 6.37. The fourth-order valence-corrected chi connectivity index (χ4v) is 3.67. The van der Waals surface area contributed by atoms with Crippen LogP contribution in [0.1, 0.15) is 25.8 Å². The van der Waals surface area contributed by atoms with Crippen LogP contribution in [0.3, 0.4) is 0 Å². The number of piperidine rings is 1. The van der Waals surface area contributed by atoms with Crippen LogP contribution < -0.4 is 15.4 Å². The van der Waals surface area contributed by atoms with Gasteiger partial charge < -0.3 is 30.1 Å². The number of likely N-dealkylation sites (tertiary alicyclic amines) is 1. The second-order valence-electron chi connectivity index (χ2n) is 8.32. The van der Waals surface area contributed by atoms with Crippen molar-refractivity contribution in [1.29, 1.82) is 5.26 Å². The summed E-state index contributed by atoms with van der Waals surface area (Å²) >= 11 is 0. The summed E-state index contributed by atoms with van der Waals surface area (Å²) in [5.41, 5.74) is 1.13. The molecule has 1 aromatic heterocycles. The van der Waals surface area contributed by atoms with E-state index in [1.807, 2.05) is 13.0 Å². The van der Waals surface area contributed by atoms with Crippen molar-refractivity contribution in [2.24, 2.45) is 0 Å². The van der Waals surface area contributed by atoms with E-state index in [4.69, 9.17) is 9.47 Å². The van der Waals surface area contributed by atoms with E-state index < -0.39 is 30.6 Å². The number of carbonyl (C=O) groups is 1. The van der Waals surface area contributed by atoms with E-state index in [0.717, 1.165) is 4.90 Å². The zero-order chi connectivity index (χ0) is 26.5. The monoisotopic (exact) mass is 502 g/mol.